The molecule has 4 N–H and O–H groups in total. The second kappa shape index (κ2) is 5.47. The van der Waals surface area contributed by atoms with Crippen LogP contribution in [0.25, 0.3) is 0 Å². The number of carbonyl (C=O) groups excluding carboxylic acids is 1. The van der Waals surface area contributed by atoms with Crippen LogP contribution in [0.1, 0.15) is 34.6 Å². The summed E-state index contributed by atoms with van der Waals surface area (Å²) in [5.74, 6) is 0.00127. The summed E-state index contributed by atoms with van der Waals surface area (Å²) in [6.07, 6.45) is 0. The van der Waals surface area contributed by atoms with Crippen molar-refractivity contribution in [2.75, 3.05) is 6.61 Å². The second-order valence-corrected chi connectivity index (χ2v) is 5.39. The Hall–Kier alpha value is -0.610. The first-order chi connectivity index (χ1) is 6.70. The molecule has 15 heavy (non-hydrogen) atoms. The van der Waals surface area contributed by atoms with Crippen molar-refractivity contribution in [2.45, 2.75) is 46.7 Å². The Kier molecular flexibility index (Phi) is 5.24. The molecule has 0 fully saturated rings. The summed E-state index contributed by atoms with van der Waals surface area (Å²) in [5, 5.41) is 11.8. The maximum atomic E-state index is 11.7. The Morgan fingerprint density at radius 2 is 1.87 bits per heavy atom. The van der Waals surface area contributed by atoms with Crippen molar-refractivity contribution in [2.24, 2.45) is 17.1 Å². The van der Waals surface area contributed by atoms with Gasteiger partial charge in [-0.3, -0.25) is 4.79 Å². The van der Waals surface area contributed by atoms with Crippen LogP contribution in [0.4, 0.5) is 0 Å². The monoisotopic (exact) mass is 216 g/mol. The van der Waals surface area contributed by atoms with Gasteiger partial charge in [0.1, 0.15) is 0 Å². The normalized spacial score (nSPS) is 16.3. The molecule has 0 aliphatic rings. The molecule has 1 unspecified atom stereocenters. The van der Waals surface area contributed by atoms with Crippen molar-refractivity contribution in [3.8, 4) is 0 Å². The highest BCUT2D eigenvalue weighted by atomic mass is 16.3. The van der Waals surface area contributed by atoms with E-state index in [2.05, 4.69) is 5.32 Å². The van der Waals surface area contributed by atoms with Crippen LogP contribution in [0.15, 0.2) is 0 Å². The van der Waals surface area contributed by atoms with Gasteiger partial charge in [-0.05, 0) is 11.3 Å². The molecule has 2 atom stereocenters. The van der Waals surface area contributed by atoms with Gasteiger partial charge in [-0.1, -0.05) is 34.6 Å². The van der Waals surface area contributed by atoms with Crippen LogP contribution in [0.3, 0.4) is 0 Å². The lowest BCUT2D eigenvalue weighted by Crippen LogP contribution is -2.53. The number of aliphatic hydroxyl groups is 1. The predicted molar refractivity (Wildman–Crippen MR) is 61.3 cm³/mol. The number of rotatable bonds is 4. The molecule has 0 bridgehead atoms. The second-order valence-electron chi connectivity index (χ2n) is 5.39. The molecule has 0 aromatic rings. The minimum atomic E-state index is -0.551. The zero-order valence-corrected chi connectivity index (χ0v) is 10.4. The minimum absolute atomic E-state index is 0.0553. The topological polar surface area (TPSA) is 75.3 Å². The number of hydrogen-bond donors (Lipinski definition) is 3. The van der Waals surface area contributed by atoms with Gasteiger partial charge in [0.25, 0.3) is 0 Å². The Bertz CT molecular complexity index is 209. The molecule has 0 aliphatic heterocycles. The van der Waals surface area contributed by atoms with E-state index in [1.54, 1.807) is 0 Å². The summed E-state index contributed by atoms with van der Waals surface area (Å²) in [6.45, 7) is 9.59. The lowest BCUT2D eigenvalue weighted by atomic mass is 9.86. The summed E-state index contributed by atoms with van der Waals surface area (Å²) < 4.78 is 0. The van der Waals surface area contributed by atoms with Crippen LogP contribution in [0.5, 0.6) is 0 Å². The third kappa shape index (κ3) is 4.62. The smallest absolute Gasteiger partial charge is 0.237 e. The van der Waals surface area contributed by atoms with Crippen LogP contribution in [0.2, 0.25) is 0 Å². The lowest BCUT2D eigenvalue weighted by molar-refractivity contribution is -0.125. The van der Waals surface area contributed by atoms with Gasteiger partial charge >= 0.3 is 0 Å². The average Bonchev–Trinajstić information content (AvgIpc) is 2.10. The Balaban J connectivity index is 4.36. The van der Waals surface area contributed by atoms with Gasteiger partial charge in [0, 0.05) is 0 Å². The van der Waals surface area contributed by atoms with E-state index < -0.39 is 6.04 Å². The highest BCUT2D eigenvalue weighted by Crippen LogP contribution is 2.17. The number of aliphatic hydroxyl groups excluding tert-OH is 1. The van der Waals surface area contributed by atoms with Gasteiger partial charge in [0.05, 0.1) is 18.7 Å². The lowest BCUT2D eigenvalue weighted by Gasteiger charge is -2.29. The fourth-order valence-electron chi connectivity index (χ4n) is 1.09. The Morgan fingerprint density at radius 1 is 1.40 bits per heavy atom. The molecule has 90 valence electrons. The Morgan fingerprint density at radius 3 is 2.13 bits per heavy atom. The number of nitrogens with two attached hydrogens (primary N) is 1. The van der Waals surface area contributed by atoms with Gasteiger partial charge < -0.3 is 16.2 Å². The molecule has 0 spiro atoms. The van der Waals surface area contributed by atoms with E-state index in [0.29, 0.717) is 0 Å². The van der Waals surface area contributed by atoms with E-state index in [9.17, 15) is 4.79 Å². The van der Waals surface area contributed by atoms with Crippen molar-refractivity contribution in [1.29, 1.82) is 0 Å². The van der Waals surface area contributed by atoms with Crippen LogP contribution < -0.4 is 11.1 Å². The molecule has 0 saturated heterocycles. The van der Waals surface area contributed by atoms with E-state index in [1.165, 1.54) is 0 Å². The van der Waals surface area contributed by atoms with Crippen molar-refractivity contribution < 1.29 is 9.90 Å². The zero-order chi connectivity index (χ0) is 12.2. The van der Waals surface area contributed by atoms with Gasteiger partial charge in [-0.25, -0.2) is 0 Å². The summed E-state index contributed by atoms with van der Waals surface area (Å²) in [5.41, 5.74) is 5.54. The minimum Gasteiger partial charge on any atom is -0.394 e. The molecule has 0 rings (SSSR count). The van der Waals surface area contributed by atoms with Gasteiger partial charge in [0.2, 0.25) is 5.91 Å². The molecule has 0 heterocycles. The van der Waals surface area contributed by atoms with Crippen molar-refractivity contribution >= 4 is 5.91 Å². The molecule has 0 aromatic carbocycles. The molecular formula is C11H24N2O2. The van der Waals surface area contributed by atoms with Gasteiger partial charge in [0.15, 0.2) is 0 Å². The Labute approximate surface area is 92.2 Å². The van der Waals surface area contributed by atoms with E-state index in [0.717, 1.165) is 0 Å². The fourth-order valence-corrected chi connectivity index (χ4v) is 1.09. The maximum Gasteiger partial charge on any atom is 0.237 e. The van der Waals surface area contributed by atoms with Crippen LogP contribution in [-0.4, -0.2) is 29.7 Å². The highest BCUT2D eigenvalue weighted by molar-refractivity contribution is 5.82. The first-order valence-corrected chi connectivity index (χ1v) is 5.37. The van der Waals surface area contributed by atoms with Gasteiger partial charge in [-0.2, -0.15) is 0 Å². The quantitative estimate of drug-likeness (QED) is 0.640. The van der Waals surface area contributed by atoms with Crippen LogP contribution in [-0.2, 0) is 4.79 Å². The van der Waals surface area contributed by atoms with E-state index in [1.807, 2.05) is 34.6 Å². The number of amides is 1. The van der Waals surface area contributed by atoms with E-state index in [-0.39, 0.29) is 29.9 Å². The summed E-state index contributed by atoms with van der Waals surface area (Å²) >= 11 is 0. The van der Waals surface area contributed by atoms with E-state index in [4.69, 9.17) is 10.8 Å². The molecule has 4 heteroatoms. The van der Waals surface area contributed by atoms with Crippen LogP contribution in [0, 0.1) is 11.3 Å². The van der Waals surface area contributed by atoms with Crippen molar-refractivity contribution in [3.05, 3.63) is 0 Å². The summed E-state index contributed by atoms with van der Waals surface area (Å²) in [4.78, 5) is 11.7. The van der Waals surface area contributed by atoms with Crippen molar-refractivity contribution in [1.82, 2.24) is 5.32 Å². The molecule has 0 radical (unpaired) electrons. The maximum absolute atomic E-state index is 11.7. The first-order valence-electron chi connectivity index (χ1n) is 5.37. The standard InChI is InChI=1S/C11H24N2O2/c1-7(2)8(6-14)13-10(15)9(12)11(3,4)5/h7-9,14H,6,12H2,1-5H3,(H,13,15)/t8?,9-/m0/s1. The number of hydrogen-bond acceptors (Lipinski definition) is 3. The SMILES string of the molecule is CC(C)C(CO)NC(=O)[C@H](N)C(C)(C)C. The molecule has 1 amide bonds. The number of nitrogens with one attached hydrogen (secondary N) is 1. The summed E-state index contributed by atoms with van der Waals surface area (Å²) in [6, 6.07) is -0.767. The third-order valence-corrected chi connectivity index (χ3v) is 2.54. The fraction of sp³-hybridized carbons (Fsp3) is 0.909. The molecule has 0 aliphatic carbocycles. The molecular weight excluding hydrogens is 192 g/mol. The van der Waals surface area contributed by atoms with E-state index >= 15 is 0 Å². The molecule has 4 nitrogen and oxygen atoms in total. The van der Waals surface area contributed by atoms with Crippen LogP contribution >= 0.6 is 0 Å². The highest BCUT2D eigenvalue weighted by Gasteiger charge is 2.29. The van der Waals surface area contributed by atoms with Crippen molar-refractivity contribution in [3.63, 3.8) is 0 Å². The predicted octanol–water partition coefficient (Wildman–Crippen LogP) is 0.493. The number of carbonyl (C=O) groups is 1. The zero-order valence-electron chi connectivity index (χ0n) is 10.4. The summed E-state index contributed by atoms with van der Waals surface area (Å²) in [7, 11) is 0. The average molecular weight is 216 g/mol. The molecule has 0 saturated carbocycles. The third-order valence-electron chi connectivity index (χ3n) is 2.54. The molecule has 0 aromatic heterocycles. The van der Waals surface area contributed by atoms with Gasteiger partial charge in [-0.15, -0.1) is 0 Å². The first kappa shape index (κ1) is 14.4. The largest absolute Gasteiger partial charge is 0.394 e.